The van der Waals surface area contributed by atoms with Gasteiger partial charge in [0, 0.05) is 19.3 Å². The molecule has 0 amide bonds. The Morgan fingerprint density at radius 1 is 1.19 bits per heavy atom. The predicted octanol–water partition coefficient (Wildman–Crippen LogP) is 3.69. The summed E-state index contributed by atoms with van der Waals surface area (Å²) in [4.78, 5) is 0. The molecule has 0 bridgehead atoms. The summed E-state index contributed by atoms with van der Waals surface area (Å²) >= 11 is 0. The van der Waals surface area contributed by atoms with Gasteiger partial charge in [-0.05, 0) is 31.4 Å². The van der Waals surface area contributed by atoms with E-state index >= 15 is 0 Å². The minimum atomic E-state index is 0.433. The molecule has 1 atom stereocenters. The van der Waals surface area contributed by atoms with Crippen LogP contribution in [-0.2, 0) is 4.74 Å². The highest BCUT2D eigenvalue weighted by atomic mass is 16.5. The van der Waals surface area contributed by atoms with Gasteiger partial charge in [0.1, 0.15) is 0 Å². The topological polar surface area (TPSA) is 21.3 Å². The van der Waals surface area contributed by atoms with E-state index in [0.29, 0.717) is 6.10 Å². The average Bonchev–Trinajstić information content (AvgIpc) is 2.34. The lowest BCUT2D eigenvalue weighted by molar-refractivity contribution is 0.0864. The number of methoxy groups -OCH3 is 1. The lowest BCUT2D eigenvalue weighted by Gasteiger charge is -2.14. The van der Waals surface area contributed by atoms with E-state index in [1.54, 1.807) is 0 Å². The molecule has 0 radical (unpaired) electrons. The first kappa shape index (κ1) is 13.0. The molecule has 0 saturated heterocycles. The summed E-state index contributed by atoms with van der Waals surface area (Å²) in [5.41, 5.74) is 1.20. The maximum atomic E-state index is 5.42. The lowest BCUT2D eigenvalue weighted by atomic mass is 10.1. The van der Waals surface area contributed by atoms with Crippen molar-refractivity contribution in [2.24, 2.45) is 0 Å². The SMILES string of the molecule is CCCC(CCCNc1ccccc1)OC. The summed E-state index contributed by atoms with van der Waals surface area (Å²) in [5.74, 6) is 0. The highest BCUT2D eigenvalue weighted by Gasteiger charge is 2.04. The van der Waals surface area contributed by atoms with Gasteiger partial charge in [0.05, 0.1) is 6.10 Å². The van der Waals surface area contributed by atoms with Crippen molar-refractivity contribution in [3.8, 4) is 0 Å². The first-order valence-corrected chi connectivity index (χ1v) is 6.18. The molecule has 1 unspecified atom stereocenters. The molecule has 1 N–H and O–H groups in total. The van der Waals surface area contributed by atoms with Gasteiger partial charge in [0.2, 0.25) is 0 Å². The smallest absolute Gasteiger partial charge is 0.0572 e. The summed E-state index contributed by atoms with van der Waals surface area (Å²) in [5, 5.41) is 3.41. The van der Waals surface area contributed by atoms with Crippen molar-refractivity contribution in [3.05, 3.63) is 30.3 Å². The Morgan fingerprint density at radius 3 is 2.56 bits per heavy atom. The number of rotatable bonds is 8. The van der Waals surface area contributed by atoms with Crippen LogP contribution in [0.2, 0.25) is 0 Å². The quantitative estimate of drug-likeness (QED) is 0.676. The Labute approximate surface area is 99.0 Å². The number of ether oxygens (including phenoxy) is 1. The van der Waals surface area contributed by atoms with Crippen molar-refractivity contribution in [1.82, 2.24) is 0 Å². The molecule has 1 aromatic rings. The van der Waals surface area contributed by atoms with Crippen molar-refractivity contribution in [2.75, 3.05) is 19.0 Å². The first-order chi connectivity index (χ1) is 7.86. The van der Waals surface area contributed by atoms with Crippen molar-refractivity contribution < 1.29 is 4.74 Å². The van der Waals surface area contributed by atoms with Crippen LogP contribution >= 0.6 is 0 Å². The summed E-state index contributed by atoms with van der Waals surface area (Å²) in [6.07, 6.45) is 5.10. The Hall–Kier alpha value is -1.02. The normalized spacial score (nSPS) is 12.4. The van der Waals surface area contributed by atoms with Crippen molar-refractivity contribution in [2.45, 2.75) is 38.7 Å². The largest absolute Gasteiger partial charge is 0.385 e. The fourth-order valence-electron chi connectivity index (χ4n) is 1.82. The van der Waals surface area contributed by atoms with Crippen LogP contribution in [0.15, 0.2) is 30.3 Å². The Bertz CT molecular complexity index is 261. The molecule has 0 heterocycles. The number of hydrogen-bond donors (Lipinski definition) is 1. The zero-order valence-electron chi connectivity index (χ0n) is 10.4. The number of anilines is 1. The molecule has 0 aliphatic rings. The second-order valence-electron chi connectivity index (χ2n) is 4.08. The van der Waals surface area contributed by atoms with Crippen LogP contribution in [0.4, 0.5) is 5.69 Å². The minimum absolute atomic E-state index is 0.433. The van der Waals surface area contributed by atoms with Gasteiger partial charge in [0.25, 0.3) is 0 Å². The van der Waals surface area contributed by atoms with E-state index in [4.69, 9.17) is 4.74 Å². The standard InChI is InChI=1S/C14H23NO/c1-3-8-14(16-2)11-7-12-15-13-9-5-4-6-10-13/h4-6,9-10,14-15H,3,7-8,11-12H2,1-2H3. The van der Waals surface area contributed by atoms with E-state index in [1.165, 1.54) is 18.5 Å². The zero-order valence-corrected chi connectivity index (χ0v) is 10.4. The number of nitrogens with one attached hydrogen (secondary N) is 1. The maximum absolute atomic E-state index is 5.42. The van der Waals surface area contributed by atoms with E-state index in [-0.39, 0.29) is 0 Å². The van der Waals surface area contributed by atoms with E-state index in [2.05, 4.69) is 36.5 Å². The van der Waals surface area contributed by atoms with Gasteiger partial charge in [-0.15, -0.1) is 0 Å². The molecule has 1 aromatic carbocycles. The first-order valence-electron chi connectivity index (χ1n) is 6.18. The highest BCUT2D eigenvalue weighted by Crippen LogP contribution is 2.09. The fourth-order valence-corrected chi connectivity index (χ4v) is 1.82. The Kier molecular flexibility index (Phi) is 6.66. The molecule has 16 heavy (non-hydrogen) atoms. The number of para-hydroxylation sites is 1. The molecule has 0 aromatic heterocycles. The van der Waals surface area contributed by atoms with Gasteiger partial charge in [-0.2, -0.15) is 0 Å². The van der Waals surface area contributed by atoms with Crippen molar-refractivity contribution in [1.29, 1.82) is 0 Å². The fraction of sp³-hybridized carbons (Fsp3) is 0.571. The predicted molar refractivity (Wildman–Crippen MR) is 69.9 cm³/mol. The van der Waals surface area contributed by atoms with E-state index in [0.717, 1.165) is 19.4 Å². The van der Waals surface area contributed by atoms with Crippen molar-refractivity contribution >= 4 is 5.69 Å². The molecule has 0 aliphatic carbocycles. The van der Waals surface area contributed by atoms with Gasteiger partial charge in [-0.1, -0.05) is 31.5 Å². The van der Waals surface area contributed by atoms with Crippen LogP contribution in [0.5, 0.6) is 0 Å². The van der Waals surface area contributed by atoms with Gasteiger partial charge < -0.3 is 10.1 Å². The van der Waals surface area contributed by atoms with Gasteiger partial charge in [-0.25, -0.2) is 0 Å². The molecule has 90 valence electrons. The minimum Gasteiger partial charge on any atom is -0.385 e. The average molecular weight is 221 g/mol. The second-order valence-corrected chi connectivity index (χ2v) is 4.08. The van der Waals surface area contributed by atoms with Crippen LogP contribution in [0.1, 0.15) is 32.6 Å². The summed E-state index contributed by atoms with van der Waals surface area (Å²) in [6, 6.07) is 10.3. The molecule has 1 rings (SSSR count). The Balaban J connectivity index is 2.11. The molecule has 2 heteroatoms. The molecular weight excluding hydrogens is 198 g/mol. The molecule has 0 fully saturated rings. The molecule has 0 aliphatic heterocycles. The third-order valence-corrected chi connectivity index (χ3v) is 2.75. The van der Waals surface area contributed by atoms with Gasteiger partial charge in [-0.3, -0.25) is 0 Å². The van der Waals surface area contributed by atoms with Crippen LogP contribution < -0.4 is 5.32 Å². The summed E-state index contributed by atoms with van der Waals surface area (Å²) in [7, 11) is 1.81. The Morgan fingerprint density at radius 2 is 1.94 bits per heavy atom. The molecule has 0 saturated carbocycles. The molecule has 0 spiro atoms. The third kappa shape index (κ3) is 5.17. The van der Waals surface area contributed by atoms with Crippen LogP contribution in [0.3, 0.4) is 0 Å². The van der Waals surface area contributed by atoms with E-state index in [1.807, 2.05) is 13.2 Å². The van der Waals surface area contributed by atoms with Crippen LogP contribution in [-0.4, -0.2) is 19.8 Å². The van der Waals surface area contributed by atoms with E-state index < -0.39 is 0 Å². The number of benzene rings is 1. The van der Waals surface area contributed by atoms with E-state index in [9.17, 15) is 0 Å². The summed E-state index contributed by atoms with van der Waals surface area (Å²) in [6.45, 7) is 3.22. The third-order valence-electron chi connectivity index (χ3n) is 2.75. The maximum Gasteiger partial charge on any atom is 0.0572 e. The second kappa shape index (κ2) is 8.17. The van der Waals surface area contributed by atoms with Gasteiger partial charge >= 0.3 is 0 Å². The van der Waals surface area contributed by atoms with Gasteiger partial charge in [0.15, 0.2) is 0 Å². The summed E-state index contributed by atoms with van der Waals surface area (Å²) < 4.78 is 5.42. The monoisotopic (exact) mass is 221 g/mol. The number of hydrogen-bond acceptors (Lipinski definition) is 2. The van der Waals surface area contributed by atoms with Crippen LogP contribution in [0.25, 0.3) is 0 Å². The van der Waals surface area contributed by atoms with Crippen LogP contribution in [0, 0.1) is 0 Å². The van der Waals surface area contributed by atoms with Crippen molar-refractivity contribution in [3.63, 3.8) is 0 Å². The zero-order chi connectivity index (χ0) is 11.6. The molecule has 2 nitrogen and oxygen atoms in total. The lowest BCUT2D eigenvalue weighted by Crippen LogP contribution is -2.12. The molecular formula is C14H23NO. The highest BCUT2D eigenvalue weighted by molar-refractivity contribution is 5.42.